The number of benzene rings is 6. The van der Waals surface area contributed by atoms with E-state index in [0.717, 1.165) is 36.0 Å². The zero-order valence-electron chi connectivity index (χ0n) is 55.5. The summed E-state index contributed by atoms with van der Waals surface area (Å²) in [7, 11) is 0. The summed E-state index contributed by atoms with van der Waals surface area (Å²) >= 11 is 0. The summed E-state index contributed by atoms with van der Waals surface area (Å²) in [6.07, 6.45) is -45.0. The number of hydrogen-bond acceptors (Lipinski definition) is 5. The van der Waals surface area contributed by atoms with Gasteiger partial charge in [-0.3, -0.25) is 20.0 Å². The Hall–Kier alpha value is -8.18. The molecule has 0 radical (unpaired) electrons. The second kappa shape index (κ2) is 33.7. The van der Waals surface area contributed by atoms with Crippen molar-refractivity contribution < 1.29 is 127 Å². The summed E-state index contributed by atoms with van der Waals surface area (Å²) < 4.78 is 346. The predicted molar refractivity (Wildman–Crippen MR) is 342 cm³/mol. The van der Waals surface area contributed by atoms with Crippen molar-refractivity contribution in [3.63, 3.8) is 0 Å². The van der Waals surface area contributed by atoms with Gasteiger partial charge in [-0.05, 0) is 107 Å². The quantitative estimate of drug-likeness (QED) is 0.0696. The molecule has 0 bridgehead atoms. The summed E-state index contributed by atoms with van der Waals surface area (Å²) in [6.45, 7) is 19.7. The van der Waals surface area contributed by atoms with E-state index in [0.29, 0.717) is 23.7 Å². The minimum absolute atomic E-state index is 0. The van der Waals surface area contributed by atoms with Gasteiger partial charge in [0.25, 0.3) is 0 Å². The molecule has 5 nitrogen and oxygen atoms in total. The Morgan fingerprint density at radius 2 is 0.534 bits per heavy atom. The van der Waals surface area contributed by atoms with E-state index in [4.69, 9.17) is 14.7 Å². The zero-order valence-corrected chi connectivity index (χ0v) is 56.6. The molecule has 3 heterocycles. The van der Waals surface area contributed by atoms with Gasteiger partial charge in [0.05, 0.1) is 79.7 Å². The molecule has 0 amide bonds. The van der Waals surface area contributed by atoms with Crippen LogP contribution in [0.4, 0.5) is 117 Å². The van der Waals surface area contributed by atoms with Gasteiger partial charge in [0, 0.05) is 42.7 Å². The van der Waals surface area contributed by atoms with Gasteiger partial charge in [0.1, 0.15) is 6.15 Å². The van der Waals surface area contributed by atoms with E-state index in [1.54, 1.807) is 12.4 Å². The number of ether oxygens (including phenoxy) is 1. The SMILES string of the molecule is C1CCOC1.CC(C)c1cccc(C(C)C)c1N=Cc1ccccn1.CC(C)c1cccc(C(C)C)c1N=Cc1ccccn1.FC(F)(F)c1cc([B-](c2cc(C(F)(F)F)cc(C(F)(F)F)c2)(c2cc(C(F)(F)F)cc(C(F)(F)F)c2)c2cc(C(F)(F)F)cc(C(F)(F)F)c2)cc(C(F)(F)F)c1.[Fe]. The molecule has 2 aromatic heterocycles. The minimum Gasteiger partial charge on any atom is -0.381 e. The Morgan fingerprint density at radius 3 is 0.689 bits per heavy atom. The third kappa shape index (κ3) is 22.7. The molecule has 9 rings (SSSR count). The first-order chi connectivity index (χ1) is 46.9. The van der Waals surface area contributed by atoms with Gasteiger partial charge in [-0.2, -0.15) is 127 Å². The van der Waals surface area contributed by atoms with E-state index in [9.17, 15) is 105 Å². The zero-order chi connectivity index (χ0) is 76.5. The maximum absolute atomic E-state index is 14.2. The fourth-order valence-electron chi connectivity index (χ4n) is 11.1. The van der Waals surface area contributed by atoms with E-state index < -0.39 is 195 Å². The van der Waals surface area contributed by atoms with Gasteiger partial charge in [-0.25, -0.2) is 0 Å². The molecule has 31 heteroatoms. The van der Waals surface area contributed by atoms with Crippen molar-refractivity contribution in [3.05, 3.63) is 236 Å². The molecule has 1 saturated heterocycles. The first kappa shape index (κ1) is 85.5. The molecule has 6 aromatic carbocycles. The van der Waals surface area contributed by atoms with Crippen LogP contribution in [0.3, 0.4) is 0 Å². The Balaban J connectivity index is 0.000000332. The van der Waals surface area contributed by atoms with Crippen LogP contribution < -0.4 is 21.9 Å². The molecule has 103 heavy (non-hydrogen) atoms. The number of aromatic nitrogens is 2. The van der Waals surface area contributed by atoms with Crippen LogP contribution in [-0.2, 0) is 71.2 Å². The van der Waals surface area contributed by atoms with E-state index in [-0.39, 0.29) is 17.1 Å². The van der Waals surface area contributed by atoms with Gasteiger partial charge in [-0.1, -0.05) is 152 Å². The molecular weight excluding hydrogens is 1460 g/mol. The Morgan fingerprint density at radius 1 is 0.320 bits per heavy atom. The normalized spacial score (nSPS) is 13.6. The predicted octanol–water partition coefficient (Wildman–Crippen LogP) is 22.2. The van der Waals surface area contributed by atoms with Crippen molar-refractivity contribution in [2.45, 2.75) is 141 Å². The van der Waals surface area contributed by atoms with E-state index in [2.05, 4.69) is 102 Å². The molecule has 0 spiro atoms. The van der Waals surface area contributed by atoms with Gasteiger partial charge in [0.15, 0.2) is 0 Å². The first-order valence-corrected chi connectivity index (χ1v) is 31.0. The smallest absolute Gasteiger partial charge is 0.381 e. The molecule has 8 aromatic rings. The van der Waals surface area contributed by atoms with Gasteiger partial charge >= 0.3 is 49.4 Å². The van der Waals surface area contributed by atoms with Crippen molar-refractivity contribution in [1.29, 1.82) is 0 Å². The second-order valence-electron chi connectivity index (χ2n) is 24.8. The third-order valence-corrected chi connectivity index (χ3v) is 16.0. The molecule has 1 aliphatic rings. The van der Waals surface area contributed by atoms with E-state index >= 15 is 0 Å². The Bertz CT molecular complexity index is 3560. The molecule has 558 valence electrons. The number of alkyl halides is 24. The van der Waals surface area contributed by atoms with E-state index in [1.165, 1.54) is 35.1 Å². The fourth-order valence-corrected chi connectivity index (χ4v) is 11.1. The third-order valence-electron chi connectivity index (χ3n) is 16.0. The topological polar surface area (TPSA) is 59.7 Å². The van der Waals surface area contributed by atoms with Gasteiger partial charge in [0.2, 0.25) is 0 Å². The number of nitrogens with zero attached hydrogens (tertiary/aromatic N) is 4. The average Bonchev–Trinajstić information content (AvgIpc) is 1.08. The summed E-state index contributed by atoms with van der Waals surface area (Å²) in [6, 6.07) is 15.8. The molecule has 0 aliphatic carbocycles. The monoisotopic (exact) mass is 1520 g/mol. The molecule has 0 saturated carbocycles. The van der Waals surface area contributed by atoms with Crippen LogP contribution in [-0.4, -0.2) is 41.8 Å². The van der Waals surface area contributed by atoms with Crippen LogP contribution in [0.2, 0.25) is 0 Å². The Kier molecular flexibility index (Phi) is 28.0. The summed E-state index contributed by atoms with van der Waals surface area (Å²) in [4.78, 5) is 18.0. The first-order valence-electron chi connectivity index (χ1n) is 31.0. The summed E-state index contributed by atoms with van der Waals surface area (Å²) in [5, 5.41) is 0. The molecular formula is C72H64BF24FeN4O-. The number of rotatable bonds is 12. The molecule has 0 atom stereocenters. The van der Waals surface area contributed by atoms with Crippen molar-refractivity contribution in [2.24, 2.45) is 9.98 Å². The maximum atomic E-state index is 14.2. The van der Waals surface area contributed by atoms with Crippen LogP contribution >= 0.6 is 0 Å². The van der Waals surface area contributed by atoms with Crippen LogP contribution in [0, 0.1) is 0 Å². The minimum atomic E-state index is -6.13. The average molecular weight is 1520 g/mol. The maximum Gasteiger partial charge on any atom is 0.416 e. The number of pyridine rings is 2. The molecule has 1 aliphatic heterocycles. The molecule has 0 unspecified atom stereocenters. The van der Waals surface area contributed by atoms with Crippen molar-refractivity contribution in [3.8, 4) is 0 Å². The molecule has 1 fully saturated rings. The number of para-hydroxylation sites is 2. The van der Waals surface area contributed by atoms with Crippen LogP contribution in [0.25, 0.3) is 0 Å². The van der Waals surface area contributed by atoms with Crippen molar-refractivity contribution >= 4 is 51.8 Å². The van der Waals surface area contributed by atoms with Gasteiger partial charge < -0.3 is 4.74 Å². The van der Waals surface area contributed by atoms with Gasteiger partial charge in [-0.15, -0.1) is 0 Å². The van der Waals surface area contributed by atoms with Crippen LogP contribution in [0.1, 0.15) is 170 Å². The van der Waals surface area contributed by atoms with Crippen molar-refractivity contribution in [1.82, 2.24) is 9.97 Å². The standard InChI is InChI=1S/C32H12BF24.2C18H22N2.C4H8O.Fe/c34-25(35,36)13-1-14(26(37,38)39)6-21(5-13)33(22-7-15(27(40,41)42)2-16(8-22)28(43,44)45,23-9-17(29(46,47)48)3-18(10-23)30(49,50)51)24-11-19(31(52,53)54)4-20(12-24)32(55,56)57;2*1-13(2)16-9-7-10-17(14(3)4)18(16)20-12-15-8-5-6-11-19-15;1-2-4-5-3-1;/h1-12H;2*5-14H,1-4H3;1-4H2;/q-1;;;;. The summed E-state index contributed by atoms with van der Waals surface area (Å²) in [5.74, 6) is 1.85. The summed E-state index contributed by atoms with van der Waals surface area (Å²) in [5.41, 5.74) is -21.0. The van der Waals surface area contributed by atoms with Crippen LogP contribution in [0.15, 0.2) is 168 Å². The Labute approximate surface area is 587 Å². The largest absolute Gasteiger partial charge is 0.416 e. The fraction of sp³-hybridized carbons (Fsp3) is 0.333. The number of aliphatic imine (C=N–C) groups is 2. The molecule has 0 N–H and O–H groups in total. The second-order valence-corrected chi connectivity index (χ2v) is 24.8. The van der Waals surface area contributed by atoms with E-state index in [1.807, 2.05) is 48.8 Å². The van der Waals surface area contributed by atoms with Crippen molar-refractivity contribution in [2.75, 3.05) is 13.2 Å². The number of halogens is 24. The number of hydrogen-bond donors (Lipinski definition) is 0. The van der Waals surface area contributed by atoms with Crippen LogP contribution in [0.5, 0.6) is 0 Å².